The number of aryl methyl sites for hydroxylation is 1. The lowest BCUT2D eigenvalue weighted by molar-refractivity contribution is -0.141. The van der Waals surface area contributed by atoms with E-state index < -0.39 is 23.6 Å². The molecule has 1 aliphatic carbocycles. The van der Waals surface area contributed by atoms with Gasteiger partial charge in [-0.05, 0) is 79.6 Å². The van der Waals surface area contributed by atoms with Crippen molar-refractivity contribution in [2.24, 2.45) is 0 Å². The number of rotatable bonds is 4. The zero-order chi connectivity index (χ0) is 22.9. The van der Waals surface area contributed by atoms with Gasteiger partial charge in [0.15, 0.2) is 0 Å². The molecule has 1 fully saturated rings. The molecule has 0 aliphatic heterocycles. The molecule has 0 radical (unpaired) electrons. The Bertz CT molecular complexity index is 1110. The molecule has 1 aromatic carbocycles. The van der Waals surface area contributed by atoms with Crippen LogP contribution >= 0.6 is 0 Å². The fourth-order valence-corrected chi connectivity index (χ4v) is 3.93. The highest BCUT2D eigenvalue weighted by Gasteiger charge is 2.35. The number of anilines is 2. The monoisotopic (exact) mass is 444 g/mol. The number of benzene rings is 1. The zero-order valence-electron chi connectivity index (χ0n) is 17.4. The van der Waals surface area contributed by atoms with Crippen molar-refractivity contribution in [3.63, 3.8) is 0 Å². The second kappa shape index (κ2) is 8.48. The SMILES string of the molecule is Cc1cc(Nc2nccc(C(F)(F)F)n2)cc(-c2ccnc([C@]3(O)CC[C@H](O)CC3)c2)c1. The van der Waals surface area contributed by atoms with E-state index in [1.54, 1.807) is 18.3 Å². The molecule has 2 aromatic heterocycles. The van der Waals surface area contributed by atoms with Crippen LogP contribution in [0.5, 0.6) is 0 Å². The molecule has 0 spiro atoms. The Morgan fingerprint density at radius 2 is 1.72 bits per heavy atom. The van der Waals surface area contributed by atoms with Crippen LogP contribution in [0.2, 0.25) is 0 Å². The summed E-state index contributed by atoms with van der Waals surface area (Å²) in [5.41, 5.74) is 1.47. The molecule has 9 heteroatoms. The molecule has 2 heterocycles. The third kappa shape index (κ3) is 4.89. The number of aliphatic hydroxyl groups is 2. The van der Waals surface area contributed by atoms with E-state index in [1.807, 2.05) is 25.1 Å². The third-order valence-corrected chi connectivity index (χ3v) is 5.63. The molecule has 1 saturated carbocycles. The Balaban J connectivity index is 1.63. The predicted molar refractivity (Wildman–Crippen MR) is 113 cm³/mol. The van der Waals surface area contributed by atoms with Gasteiger partial charge in [-0.15, -0.1) is 0 Å². The number of pyridine rings is 1. The molecule has 6 nitrogen and oxygen atoms in total. The van der Waals surface area contributed by atoms with Gasteiger partial charge in [0.05, 0.1) is 11.8 Å². The van der Waals surface area contributed by atoms with Crippen molar-refractivity contribution in [3.05, 3.63) is 65.7 Å². The highest BCUT2D eigenvalue weighted by atomic mass is 19.4. The molecule has 3 aromatic rings. The Kier molecular flexibility index (Phi) is 5.87. The number of aliphatic hydroxyl groups excluding tert-OH is 1. The van der Waals surface area contributed by atoms with Crippen molar-refractivity contribution in [2.45, 2.75) is 50.5 Å². The van der Waals surface area contributed by atoms with Crippen LogP contribution < -0.4 is 5.32 Å². The van der Waals surface area contributed by atoms with Crippen LogP contribution in [0.25, 0.3) is 11.1 Å². The number of aromatic nitrogens is 3. The largest absolute Gasteiger partial charge is 0.433 e. The van der Waals surface area contributed by atoms with Crippen molar-refractivity contribution in [3.8, 4) is 11.1 Å². The first-order chi connectivity index (χ1) is 15.1. The van der Waals surface area contributed by atoms with Crippen molar-refractivity contribution < 1.29 is 23.4 Å². The van der Waals surface area contributed by atoms with Crippen LogP contribution in [0.3, 0.4) is 0 Å². The second-order valence-corrected chi connectivity index (χ2v) is 8.17. The van der Waals surface area contributed by atoms with E-state index in [1.165, 1.54) is 0 Å². The third-order valence-electron chi connectivity index (χ3n) is 5.63. The van der Waals surface area contributed by atoms with Crippen molar-refractivity contribution in [2.75, 3.05) is 5.32 Å². The average Bonchev–Trinajstić information content (AvgIpc) is 2.75. The van der Waals surface area contributed by atoms with E-state index in [2.05, 4.69) is 20.3 Å². The standard InChI is InChI=1S/C23H23F3N4O2/c1-14-10-16(12-17(11-14)29-21-28-9-5-19(30-21)23(24,25)26)15-4-8-27-20(13-15)22(32)6-2-18(31)3-7-22/h4-5,8-13,18,31-32H,2-3,6-7H2,1H3,(H,28,29,30)/t18-,22-. The molecule has 0 bridgehead atoms. The molecule has 32 heavy (non-hydrogen) atoms. The lowest BCUT2D eigenvalue weighted by Gasteiger charge is -2.34. The first kappa shape index (κ1) is 22.2. The van der Waals surface area contributed by atoms with Gasteiger partial charge in [-0.25, -0.2) is 9.97 Å². The minimum absolute atomic E-state index is 0.151. The van der Waals surface area contributed by atoms with Crippen LogP contribution in [0, 0.1) is 6.92 Å². The summed E-state index contributed by atoms with van der Waals surface area (Å²) in [6.07, 6.45) is -0.390. The number of nitrogens with one attached hydrogen (secondary N) is 1. The molecule has 1 aliphatic rings. The van der Waals surface area contributed by atoms with Gasteiger partial charge in [-0.2, -0.15) is 13.2 Å². The molecule has 3 N–H and O–H groups in total. The summed E-state index contributed by atoms with van der Waals surface area (Å²) in [5, 5.41) is 23.6. The lowest BCUT2D eigenvalue weighted by Crippen LogP contribution is -2.34. The van der Waals surface area contributed by atoms with Crippen molar-refractivity contribution in [1.29, 1.82) is 0 Å². The van der Waals surface area contributed by atoms with Crippen LogP contribution in [-0.2, 0) is 11.8 Å². The number of nitrogens with zero attached hydrogens (tertiary/aromatic N) is 3. The van der Waals surface area contributed by atoms with E-state index >= 15 is 0 Å². The van der Waals surface area contributed by atoms with E-state index in [9.17, 15) is 23.4 Å². The molecule has 0 atom stereocenters. The molecular weight excluding hydrogens is 421 g/mol. The minimum atomic E-state index is -4.56. The van der Waals surface area contributed by atoms with Crippen molar-refractivity contribution in [1.82, 2.24) is 15.0 Å². The highest BCUT2D eigenvalue weighted by molar-refractivity contribution is 5.71. The van der Waals surface area contributed by atoms with Crippen LogP contribution in [0.4, 0.5) is 24.8 Å². The topological polar surface area (TPSA) is 91.2 Å². The summed E-state index contributed by atoms with van der Waals surface area (Å²) in [4.78, 5) is 11.8. The molecule has 0 unspecified atom stereocenters. The second-order valence-electron chi connectivity index (χ2n) is 8.17. The fourth-order valence-electron chi connectivity index (χ4n) is 3.93. The maximum atomic E-state index is 12.9. The minimum Gasteiger partial charge on any atom is -0.393 e. The maximum absolute atomic E-state index is 12.9. The van der Waals surface area contributed by atoms with E-state index in [4.69, 9.17) is 0 Å². The number of halogens is 3. The summed E-state index contributed by atoms with van der Waals surface area (Å²) in [6.45, 7) is 1.87. The number of hydrogen-bond acceptors (Lipinski definition) is 6. The first-order valence-corrected chi connectivity index (χ1v) is 10.3. The van der Waals surface area contributed by atoms with Crippen LogP contribution in [0.15, 0.2) is 48.8 Å². The van der Waals surface area contributed by atoms with E-state index in [-0.39, 0.29) is 5.95 Å². The Hall–Kier alpha value is -3.04. The molecular formula is C23H23F3N4O2. The summed E-state index contributed by atoms with van der Waals surface area (Å²) >= 11 is 0. The molecule has 4 rings (SSSR count). The molecule has 0 amide bonds. The van der Waals surface area contributed by atoms with Gasteiger partial charge >= 0.3 is 6.18 Å². The quantitative estimate of drug-likeness (QED) is 0.539. The zero-order valence-corrected chi connectivity index (χ0v) is 17.4. The van der Waals surface area contributed by atoms with E-state index in [0.29, 0.717) is 37.1 Å². The summed E-state index contributed by atoms with van der Waals surface area (Å²) < 4.78 is 38.8. The number of hydrogen-bond donors (Lipinski definition) is 3. The van der Waals surface area contributed by atoms with Gasteiger partial charge in [0.1, 0.15) is 11.3 Å². The summed E-state index contributed by atoms with van der Waals surface area (Å²) in [6, 6.07) is 9.95. The Morgan fingerprint density at radius 1 is 1.00 bits per heavy atom. The molecule has 0 saturated heterocycles. The Labute approximate surface area is 183 Å². The Morgan fingerprint density at radius 3 is 2.44 bits per heavy atom. The molecule has 168 valence electrons. The van der Waals surface area contributed by atoms with Crippen molar-refractivity contribution >= 4 is 11.6 Å². The van der Waals surface area contributed by atoms with Gasteiger partial charge in [0, 0.05) is 18.1 Å². The number of alkyl halides is 3. The van der Waals surface area contributed by atoms with E-state index in [0.717, 1.165) is 29.0 Å². The summed E-state index contributed by atoms with van der Waals surface area (Å²) in [5.74, 6) is -0.151. The first-order valence-electron chi connectivity index (χ1n) is 10.3. The lowest BCUT2D eigenvalue weighted by atomic mass is 9.80. The normalized spacial score (nSPS) is 21.4. The van der Waals surface area contributed by atoms with Gasteiger partial charge in [0.2, 0.25) is 5.95 Å². The van der Waals surface area contributed by atoms with Crippen LogP contribution in [0.1, 0.15) is 42.6 Å². The predicted octanol–water partition coefficient (Wildman–Crippen LogP) is 4.73. The maximum Gasteiger partial charge on any atom is 0.433 e. The van der Waals surface area contributed by atoms with Gasteiger partial charge in [-0.1, -0.05) is 6.07 Å². The highest BCUT2D eigenvalue weighted by Crippen LogP contribution is 2.37. The van der Waals surface area contributed by atoms with Gasteiger partial charge in [-0.3, -0.25) is 4.98 Å². The van der Waals surface area contributed by atoms with Gasteiger partial charge in [0.25, 0.3) is 0 Å². The van der Waals surface area contributed by atoms with Gasteiger partial charge < -0.3 is 15.5 Å². The average molecular weight is 444 g/mol. The summed E-state index contributed by atoms with van der Waals surface area (Å²) in [7, 11) is 0. The van der Waals surface area contributed by atoms with Crippen LogP contribution in [-0.4, -0.2) is 31.3 Å². The fraction of sp³-hybridized carbons (Fsp3) is 0.348. The smallest absolute Gasteiger partial charge is 0.393 e.